The summed E-state index contributed by atoms with van der Waals surface area (Å²) in [6.45, 7) is 7.04. The molecule has 1 aliphatic rings. The molecule has 3 aromatic heterocycles. The number of amides is 1. The second kappa shape index (κ2) is 8.34. The average molecular weight is 428 g/mol. The topological polar surface area (TPSA) is 63.4 Å². The van der Waals surface area contributed by atoms with E-state index in [4.69, 9.17) is 10.1 Å². The third-order valence-corrected chi connectivity index (χ3v) is 6.52. The molecule has 6 heteroatoms. The van der Waals surface area contributed by atoms with Crippen LogP contribution in [0.5, 0.6) is 0 Å². The van der Waals surface area contributed by atoms with Crippen molar-refractivity contribution in [3.63, 3.8) is 0 Å². The van der Waals surface area contributed by atoms with E-state index in [9.17, 15) is 4.79 Å². The Morgan fingerprint density at radius 3 is 2.78 bits per heavy atom. The number of hydrogen-bond acceptors (Lipinski definition) is 4. The summed E-state index contributed by atoms with van der Waals surface area (Å²) in [7, 11) is 0. The molecule has 1 fully saturated rings. The van der Waals surface area contributed by atoms with Crippen molar-refractivity contribution >= 4 is 22.5 Å². The molecule has 0 bridgehead atoms. The normalized spacial score (nSPS) is 17.1. The smallest absolute Gasteiger partial charge is 0.272 e. The molecule has 0 saturated carbocycles. The van der Waals surface area contributed by atoms with Gasteiger partial charge in [0.25, 0.3) is 5.91 Å². The van der Waals surface area contributed by atoms with Gasteiger partial charge < -0.3 is 4.90 Å². The molecule has 0 aliphatic carbocycles. The van der Waals surface area contributed by atoms with E-state index in [0.29, 0.717) is 11.3 Å². The molecule has 1 saturated heterocycles. The van der Waals surface area contributed by atoms with Gasteiger partial charge in [0.15, 0.2) is 5.65 Å². The quantitative estimate of drug-likeness (QED) is 0.450. The highest BCUT2D eigenvalue weighted by molar-refractivity contribution is 5.93. The highest BCUT2D eigenvalue weighted by Crippen LogP contribution is 2.25. The molecule has 164 valence electrons. The molecule has 0 spiro atoms. The summed E-state index contributed by atoms with van der Waals surface area (Å²) in [4.78, 5) is 24.7. The fraction of sp³-hybridized carbons (Fsp3) is 0.385. The van der Waals surface area contributed by atoms with Gasteiger partial charge in [0.2, 0.25) is 0 Å². The van der Waals surface area contributed by atoms with Gasteiger partial charge in [-0.15, -0.1) is 0 Å². The Hall–Kier alpha value is -3.28. The van der Waals surface area contributed by atoms with Crippen LogP contribution in [0.25, 0.3) is 27.8 Å². The van der Waals surface area contributed by atoms with Crippen LogP contribution in [-0.2, 0) is 6.42 Å². The lowest BCUT2D eigenvalue weighted by Gasteiger charge is -2.27. The number of hydrogen-bond donors (Lipinski definition) is 0. The maximum Gasteiger partial charge on any atom is 0.272 e. The number of fused-ring (bicyclic) bond motifs is 2. The minimum atomic E-state index is 0.0338. The summed E-state index contributed by atoms with van der Waals surface area (Å²) < 4.78 is 1.87. The number of aromatic nitrogens is 4. The first-order valence-corrected chi connectivity index (χ1v) is 11.6. The Bertz CT molecular complexity index is 1310. The molecule has 0 N–H and O–H groups in total. The van der Waals surface area contributed by atoms with Crippen molar-refractivity contribution in [3.8, 4) is 11.3 Å². The lowest BCUT2D eigenvalue weighted by Crippen LogP contribution is -2.38. The van der Waals surface area contributed by atoms with Crippen LogP contribution in [0.2, 0.25) is 0 Å². The zero-order valence-electron chi connectivity index (χ0n) is 19.0. The molecule has 5 rings (SSSR count). The summed E-state index contributed by atoms with van der Waals surface area (Å²) in [6, 6.07) is 14.4. The monoisotopic (exact) mass is 427 g/mol. The molecule has 0 radical (unpaired) electrons. The predicted octanol–water partition coefficient (Wildman–Crippen LogP) is 5.22. The van der Waals surface area contributed by atoms with Gasteiger partial charge in [0.05, 0.1) is 11.2 Å². The van der Waals surface area contributed by atoms with Crippen LogP contribution in [0.15, 0.2) is 42.5 Å². The third-order valence-electron chi connectivity index (χ3n) is 6.52. The van der Waals surface area contributed by atoms with Gasteiger partial charge >= 0.3 is 0 Å². The summed E-state index contributed by atoms with van der Waals surface area (Å²) in [5.41, 5.74) is 6.08. The molecule has 1 aliphatic heterocycles. The largest absolute Gasteiger partial charge is 0.335 e. The Kier molecular flexibility index (Phi) is 5.37. The first-order valence-electron chi connectivity index (χ1n) is 11.6. The van der Waals surface area contributed by atoms with Gasteiger partial charge in [0.1, 0.15) is 5.69 Å². The molecular formula is C26H29N5O. The van der Waals surface area contributed by atoms with Gasteiger partial charge in [-0.1, -0.05) is 31.9 Å². The number of rotatable bonds is 3. The van der Waals surface area contributed by atoms with Gasteiger partial charge in [0, 0.05) is 41.0 Å². The summed E-state index contributed by atoms with van der Waals surface area (Å²) in [5.74, 6) is 0.0338. The number of aryl methyl sites for hydroxylation is 2. The van der Waals surface area contributed by atoms with Crippen LogP contribution >= 0.6 is 0 Å². The van der Waals surface area contributed by atoms with Crippen molar-refractivity contribution in [2.24, 2.45) is 0 Å². The molecule has 32 heavy (non-hydrogen) atoms. The van der Waals surface area contributed by atoms with Crippen molar-refractivity contribution < 1.29 is 4.79 Å². The van der Waals surface area contributed by atoms with Crippen LogP contribution in [0, 0.1) is 6.92 Å². The van der Waals surface area contributed by atoms with Crippen molar-refractivity contribution in [3.05, 3.63) is 59.5 Å². The standard InChI is InChI=1S/C26H29N5O/c1-4-21-15-24(26(32)30-13-7-5-6-8-18(30)3)28-25-16-23(29-31(21)25)20-11-12-22-19(14-20)10-9-17(2)27-22/h9-12,14-16,18H,4-8,13H2,1-3H3. The van der Waals surface area contributed by atoms with Gasteiger partial charge in [-0.25, -0.2) is 9.50 Å². The van der Waals surface area contributed by atoms with Crippen LogP contribution in [0.3, 0.4) is 0 Å². The van der Waals surface area contributed by atoms with Crippen molar-refractivity contribution in [1.29, 1.82) is 0 Å². The lowest BCUT2D eigenvalue weighted by atomic mass is 10.1. The van der Waals surface area contributed by atoms with Crippen molar-refractivity contribution in [2.45, 2.75) is 58.9 Å². The van der Waals surface area contributed by atoms with Gasteiger partial charge in [-0.05, 0) is 57.4 Å². The van der Waals surface area contributed by atoms with Gasteiger partial charge in [-0.3, -0.25) is 9.78 Å². The molecule has 1 unspecified atom stereocenters. The second-order valence-corrected chi connectivity index (χ2v) is 8.84. The lowest BCUT2D eigenvalue weighted by molar-refractivity contribution is 0.0692. The minimum Gasteiger partial charge on any atom is -0.335 e. The summed E-state index contributed by atoms with van der Waals surface area (Å²) in [5, 5.41) is 5.91. The van der Waals surface area contributed by atoms with E-state index in [-0.39, 0.29) is 11.9 Å². The SMILES string of the molecule is CCc1cc(C(=O)N2CCCCCC2C)nc2cc(-c3ccc4nc(C)ccc4c3)nn12. The zero-order valence-corrected chi connectivity index (χ0v) is 19.0. The first-order chi connectivity index (χ1) is 15.5. The fourth-order valence-corrected chi connectivity index (χ4v) is 4.65. The predicted molar refractivity (Wildman–Crippen MR) is 127 cm³/mol. The van der Waals surface area contributed by atoms with E-state index in [1.807, 2.05) is 46.7 Å². The minimum absolute atomic E-state index is 0.0338. The number of pyridine rings is 1. The van der Waals surface area contributed by atoms with Crippen LogP contribution < -0.4 is 0 Å². The van der Waals surface area contributed by atoms with E-state index in [1.165, 1.54) is 12.8 Å². The molecule has 4 heterocycles. The van der Waals surface area contributed by atoms with Crippen LogP contribution in [0.1, 0.15) is 61.4 Å². The fourth-order valence-electron chi connectivity index (χ4n) is 4.65. The van der Waals surface area contributed by atoms with E-state index < -0.39 is 0 Å². The molecule has 1 amide bonds. The maximum atomic E-state index is 13.4. The number of likely N-dealkylation sites (tertiary alicyclic amines) is 1. The zero-order chi connectivity index (χ0) is 22.2. The van der Waals surface area contributed by atoms with Gasteiger partial charge in [-0.2, -0.15) is 5.10 Å². The Morgan fingerprint density at radius 2 is 1.94 bits per heavy atom. The van der Waals surface area contributed by atoms with Crippen LogP contribution in [-0.4, -0.2) is 43.0 Å². The second-order valence-electron chi connectivity index (χ2n) is 8.84. The molecule has 4 aromatic rings. The van der Waals surface area contributed by atoms with E-state index in [0.717, 1.165) is 59.4 Å². The molecular weight excluding hydrogens is 398 g/mol. The Balaban J connectivity index is 1.55. The first kappa shape index (κ1) is 20.6. The number of nitrogens with zero attached hydrogens (tertiary/aromatic N) is 5. The molecule has 1 aromatic carbocycles. The van der Waals surface area contributed by atoms with E-state index in [2.05, 4.69) is 31.0 Å². The number of benzene rings is 1. The molecule has 1 atom stereocenters. The number of carbonyl (C=O) groups is 1. The Labute approximate surface area is 188 Å². The summed E-state index contributed by atoms with van der Waals surface area (Å²) >= 11 is 0. The number of carbonyl (C=O) groups excluding carboxylic acids is 1. The van der Waals surface area contributed by atoms with E-state index in [1.54, 1.807) is 0 Å². The van der Waals surface area contributed by atoms with Crippen LogP contribution in [0.4, 0.5) is 0 Å². The van der Waals surface area contributed by atoms with E-state index >= 15 is 0 Å². The highest BCUT2D eigenvalue weighted by Gasteiger charge is 2.25. The molecule has 6 nitrogen and oxygen atoms in total. The highest BCUT2D eigenvalue weighted by atomic mass is 16.2. The van der Waals surface area contributed by atoms with Crippen molar-refractivity contribution in [2.75, 3.05) is 6.54 Å². The maximum absolute atomic E-state index is 13.4. The third kappa shape index (κ3) is 3.74. The average Bonchev–Trinajstić information content (AvgIpc) is 3.12. The Morgan fingerprint density at radius 1 is 1.06 bits per heavy atom. The van der Waals surface area contributed by atoms with Crippen molar-refractivity contribution in [1.82, 2.24) is 24.5 Å². The summed E-state index contributed by atoms with van der Waals surface area (Å²) in [6.07, 6.45) is 5.27.